The van der Waals surface area contributed by atoms with Gasteiger partial charge in [-0.2, -0.15) is 8.78 Å². The zero-order valence-electron chi connectivity index (χ0n) is 14.7. The average molecular weight is 411 g/mol. The lowest BCUT2D eigenvalue weighted by Crippen LogP contribution is -2.20. The summed E-state index contributed by atoms with van der Waals surface area (Å²) in [6, 6.07) is 7.92. The van der Waals surface area contributed by atoms with Crippen molar-refractivity contribution in [3.05, 3.63) is 45.6 Å². The van der Waals surface area contributed by atoms with Crippen molar-refractivity contribution in [2.45, 2.75) is 36.8 Å². The van der Waals surface area contributed by atoms with Crippen LogP contribution in [0.15, 0.2) is 35.2 Å². The highest BCUT2D eigenvalue weighted by molar-refractivity contribution is 7.99. The van der Waals surface area contributed by atoms with Gasteiger partial charge in [-0.3, -0.25) is 4.79 Å². The molecule has 8 heteroatoms. The van der Waals surface area contributed by atoms with Gasteiger partial charge in [-0.05, 0) is 61.1 Å². The molecule has 144 valence electrons. The molecule has 0 saturated carbocycles. The minimum absolute atomic E-state index is 0.397. The van der Waals surface area contributed by atoms with Gasteiger partial charge in [0.2, 0.25) is 0 Å². The summed E-state index contributed by atoms with van der Waals surface area (Å²) in [5.74, 6) is -2.85. The number of carbonyl (C=O) groups excluding carboxylic acids is 2. The largest absolute Gasteiger partial charge is 0.451 e. The van der Waals surface area contributed by atoms with Crippen molar-refractivity contribution in [3.63, 3.8) is 0 Å². The van der Waals surface area contributed by atoms with Gasteiger partial charge >= 0.3 is 5.97 Å². The maximum Gasteiger partial charge on any atom is 0.348 e. The summed E-state index contributed by atoms with van der Waals surface area (Å²) in [4.78, 5) is 26.3. The minimum Gasteiger partial charge on any atom is -0.451 e. The number of rotatable bonds is 6. The maximum atomic E-state index is 12.3. The molecule has 1 aromatic carbocycles. The topological polar surface area (TPSA) is 55.4 Å². The molecule has 0 fully saturated rings. The normalized spacial score (nSPS) is 16.1. The van der Waals surface area contributed by atoms with E-state index in [-0.39, 0.29) is 0 Å². The van der Waals surface area contributed by atoms with Crippen molar-refractivity contribution in [2.75, 3.05) is 11.9 Å². The first-order valence-electron chi connectivity index (χ1n) is 8.54. The zero-order chi connectivity index (χ0) is 19.4. The Balaban J connectivity index is 1.49. The molecule has 1 aromatic heterocycles. The molecule has 0 bridgehead atoms. The lowest BCUT2D eigenvalue weighted by atomic mass is 9.90. The maximum absolute atomic E-state index is 12.3. The molecule has 1 aliphatic carbocycles. The number of amides is 1. The van der Waals surface area contributed by atoms with Crippen LogP contribution in [0.1, 0.15) is 33.5 Å². The highest BCUT2D eigenvalue weighted by Crippen LogP contribution is 2.32. The van der Waals surface area contributed by atoms with Crippen molar-refractivity contribution in [2.24, 2.45) is 5.92 Å². The smallest absolute Gasteiger partial charge is 0.348 e. The molecule has 1 amide bonds. The summed E-state index contributed by atoms with van der Waals surface area (Å²) < 4.78 is 29.7. The number of thiophene rings is 1. The molecule has 3 rings (SSSR count). The van der Waals surface area contributed by atoms with Crippen LogP contribution < -0.4 is 5.32 Å². The molecule has 1 atom stereocenters. The molecule has 27 heavy (non-hydrogen) atoms. The first kappa shape index (κ1) is 19.8. The third-order valence-electron chi connectivity index (χ3n) is 4.23. The summed E-state index contributed by atoms with van der Waals surface area (Å²) in [6.45, 7) is 1.80. The number of fused-ring (bicyclic) bond motifs is 1. The molecule has 0 saturated heterocycles. The molecule has 1 heterocycles. The van der Waals surface area contributed by atoms with E-state index >= 15 is 0 Å². The Hall–Kier alpha value is -1.93. The predicted molar refractivity (Wildman–Crippen MR) is 103 cm³/mol. The number of benzene rings is 1. The Kier molecular flexibility index (Phi) is 6.49. The molecular formula is C19H19F2NO3S2. The molecule has 4 nitrogen and oxygen atoms in total. The van der Waals surface area contributed by atoms with Gasteiger partial charge < -0.3 is 10.1 Å². The van der Waals surface area contributed by atoms with Crippen LogP contribution in [-0.2, 0) is 22.4 Å². The zero-order valence-corrected chi connectivity index (χ0v) is 16.3. The average Bonchev–Trinajstić information content (AvgIpc) is 3.04. The van der Waals surface area contributed by atoms with E-state index in [1.807, 2.05) is 6.07 Å². The van der Waals surface area contributed by atoms with Gasteiger partial charge in [0, 0.05) is 15.5 Å². The van der Waals surface area contributed by atoms with Crippen molar-refractivity contribution in [1.29, 1.82) is 0 Å². The molecule has 1 aliphatic rings. The van der Waals surface area contributed by atoms with Gasteiger partial charge in [-0.25, -0.2) is 4.79 Å². The van der Waals surface area contributed by atoms with Crippen molar-refractivity contribution < 1.29 is 23.1 Å². The Morgan fingerprint density at radius 2 is 2.07 bits per heavy atom. The summed E-state index contributed by atoms with van der Waals surface area (Å²) in [5.41, 5.74) is 1.66. The summed E-state index contributed by atoms with van der Waals surface area (Å²) in [6.07, 6.45) is 3.08. The van der Waals surface area contributed by atoms with Gasteiger partial charge in [0.15, 0.2) is 6.61 Å². The van der Waals surface area contributed by atoms with Gasteiger partial charge in [0.25, 0.3) is 11.7 Å². The van der Waals surface area contributed by atoms with E-state index in [0.29, 0.717) is 33.1 Å². The van der Waals surface area contributed by atoms with Crippen molar-refractivity contribution >= 4 is 40.7 Å². The van der Waals surface area contributed by atoms with Crippen LogP contribution in [0.25, 0.3) is 0 Å². The second-order valence-corrected chi connectivity index (χ2v) is 8.63. The van der Waals surface area contributed by atoms with Gasteiger partial charge in [-0.15, -0.1) is 11.3 Å². The number of esters is 1. The number of aryl methyl sites for hydroxylation is 1. The van der Waals surface area contributed by atoms with Gasteiger partial charge in [0.1, 0.15) is 4.88 Å². The van der Waals surface area contributed by atoms with E-state index < -0.39 is 24.2 Å². The van der Waals surface area contributed by atoms with Crippen LogP contribution in [0.2, 0.25) is 0 Å². The fourth-order valence-electron chi connectivity index (χ4n) is 2.93. The van der Waals surface area contributed by atoms with Crippen molar-refractivity contribution in [1.82, 2.24) is 0 Å². The van der Waals surface area contributed by atoms with Crippen LogP contribution in [0.5, 0.6) is 0 Å². The summed E-state index contributed by atoms with van der Waals surface area (Å²) in [5, 5.41) is 2.57. The number of hydrogen-bond donors (Lipinski definition) is 1. The van der Waals surface area contributed by atoms with Crippen LogP contribution in [-0.4, -0.2) is 24.2 Å². The van der Waals surface area contributed by atoms with Crippen LogP contribution in [0, 0.1) is 5.92 Å². The van der Waals surface area contributed by atoms with Crippen LogP contribution >= 0.6 is 23.1 Å². The van der Waals surface area contributed by atoms with E-state index in [9.17, 15) is 18.4 Å². The second-order valence-electron chi connectivity index (χ2n) is 6.43. The molecule has 0 aliphatic heterocycles. The Bertz CT molecular complexity index is 821. The summed E-state index contributed by atoms with van der Waals surface area (Å²) in [7, 11) is 0. The first-order valence-corrected chi connectivity index (χ1v) is 10.2. The lowest BCUT2D eigenvalue weighted by Gasteiger charge is -2.16. The third-order valence-corrected chi connectivity index (χ3v) is 6.17. The molecule has 0 spiro atoms. The molecule has 2 aromatic rings. The molecule has 1 N–H and O–H groups in total. The lowest BCUT2D eigenvalue weighted by molar-refractivity contribution is -0.119. The number of anilines is 1. The number of carbonyl (C=O) groups is 2. The standard InChI is InChI=1S/C19H19F2NO3S2/c1-11-2-7-15-12(8-11)9-16(27-15)18(24)25-10-17(23)22-13-3-5-14(6-4-13)26-19(20)21/h3-6,9,11,19H,2,7-8,10H2,1H3,(H,22,23)/t11-/m0/s1. The minimum atomic E-state index is -2.49. The highest BCUT2D eigenvalue weighted by atomic mass is 32.2. The van der Waals surface area contributed by atoms with Crippen LogP contribution in [0.4, 0.5) is 14.5 Å². The Morgan fingerprint density at radius 1 is 1.33 bits per heavy atom. The van der Waals surface area contributed by atoms with Crippen molar-refractivity contribution in [3.8, 4) is 0 Å². The van der Waals surface area contributed by atoms with Gasteiger partial charge in [-0.1, -0.05) is 18.7 Å². The van der Waals surface area contributed by atoms with Gasteiger partial charge in [0.05, 0.1) is 0 Å². The van der Waals surface area contributed by atoms with E-state index in [4.69, 9.17) is 4.74 Å². The molecule has 0 radical (unpaired) electrons. The molecular weight excluding hydrogens is 392 g/mol. The number of hydrogen-bond acceptors (Lipinski definition) is 5. The van der Waals surface area contributed by atoms with E-state index in [1.54, 1.807) is 0 Å². The fourth-order valence-corrected chi connectivity index (χ4v) is 4.53. The number of nitrogens with one attached hydrogen (secondary N) is 1. The number of thioether (sulfide) groups is 1. The van der Waals surface area contributed by atoms with E-state index in [1.165, 1.54) is 46.0 Å². The number of halogens is 2. The third kappa shape index (κ3) is 5.52. The predicted octanol–water partition coefficient (Wildman–Crippen LogP) is 4.98. The summed E-state index contributed by atoms with van der Waals surface area (Å²) >= 11 is 1.87. The number of alkyl halides is 2. The fraction of sp³-hybridized carbons (Fsp3) is 0.368. The Morgan fingerprint density at radius 3 is 2.78 bits per heavy atom. The first-order chi connectivity index (χ1) is 12.9. The SMILES string of the molecule is C[C@H]1CCc2sc(C(=O)OCC(=O)Nc3ccc(SC(F)F)cc3)cc2C1. The van der Waals surface area contributed by atoms with E-state index in [0.717, 1.165) is 19.3 Å². The number of ether oxygens (including phenoxy) is 1. The van der Waals surface area contributed by atoms with E-state index in [2.05, 4.69) is 12.2 Å². The Labute approximate surface area is 164 Å². The second kappa shape index (κ2) is 8.84. The molecule has 0 unspecified atom stereocenters. The highest BCUT2D eigenvalue weighted by Gasteiger charge is 2.21. The van der Waals surface area contributed by atoms with Crippen LogP contribution in [0.3, 0.4) is 0 Å². The quantitative estimate of drug-likeness (QED) is 0.538. The monoisotopic (exact) mass is 411 g/mol.